The predicted octanol–water partition coefficient (Wildman–Crippen LogP) is -1.92. The average Bonchev–Trinajstić information content (AvgIpc) is 3.14. The quantitative estimate of drug-likeness (QED) is 0.485. The number of aliphatic hydroxyl groups excluding tert-OH is 1. The summed E-state index contributed by atoms with van der Waals surface area (Å²) in [5, 5.41) is 10.9. The molecule has 0 amide bonds. The van der Waals surface area contributed by atoms with Crippen molar-refractivity contribution >= 4 is 14.0 Å². The molecule has 0 aliphatic heterocycles. The number of rotatable bonds is 2. The SMILES string of the molecule is C[C](=[Zr+2])CCO.[Cl-].[Cl-].c1cc[cH-]c1.c1ccc2[cH-]ccc2c1. The van der Waals surface area contributed by atoms with Crippen LogP contribution in [0.15, 0.2) is 72.8 Å². The maximum atomic E-state index is 8.23. The molecule has 0 atom stereocenters. The minimum Gasteiger partial charge on any atom is -1.00 e. The zero-order chi connectivity index (χ0) is 14.6. The van der Waals surface area contributed by atoms with E-state index in [0.29, 0.717) is 6.61 Å². The van der Waals surface area contributed by atoms with Gasteiger partial charge in [-0.05, 0) is 0 Å². The minimum absolute atomic E-state index is 0. The molecule has 0 aliphatic carbocycles. The van der Waals surface area contributed by atoms with Crippen LogP contribution in [-0.4, -0.2) is 14.9 Å². The Morgan fingerprint density at radius 1 is 1.00 bits per heavy atom. The van der Waals surface area contributed by atoms with E-state index in [1.165, 1.54) is 38.2 Å². The summed E-state index contributed by atoms with van der Waals surface area (Å²) < 4.78 is 1.38. The summed E-state index contributed by atoms with van der Waals surface area (Å²) in [7, 11) is 0. The molecule has 0 unspecified atom stereocenters. The van der Waals surface area contributed by atoms with Crippen LogP contribution >= 0.6 is 0 Å². The second-order valence-corrected chi connectivity index (χ2v) is 6.47. The van der Waals surface area contributed by atoms with Crippen LogP contribution in [0.25, 0.3) is 10.8 Å². The van der Waals surface area contributed by atoms with Gasteiger partial charge in [-0.15, -0.1) is 29.7 Å². The first-order chi connectivity index (χ1) is 9.74. The molecular weight excluding hydrogens is 394 g/mol. The van der Waals surface area contributed by atoms with Crippen molar-refractivity contribution in [3.05, 3.63) is 72.8 Å². The smallest absolute Gasteiger partial charge is 0.0809 e. The van der Waals surface area contributed by atoms with Crippen LogP contribution in [0.2, 0.25) is 0 Å². The van der Waals surface area contributed by atoms with Gasteiger partial charge in [0.25, 0.3) is 0 Å². The first kappa shape index (κ1) is 23.7. The molecule has 0 saturated carbocycles. The fraction of sp³-hybridized carbons (Fsp3) is 0.167. The molecule has 0 saturated heterocycles. The van der Waals surface area contributed by atoms with Crippen molar-refractivity contribution < 1.29 is 54.2 Å². The van der Waals surface area contributed by atoms with E-state index in [-0.39, 0.29) is 24.8 Å². The molecule has 3 aromatic rings. The van der Waals surface area contributed by atoms with Crippen molar-refractivity contribution in [3.8, 4) is 0 Å². The van der Waals surface area contributed by atoms with Gasteiger partial charge in [0.2, 0.25) is 0 Å². The molecule has 0 bridgehead atoms. The summed E-state index contributed by atoms with van der Waals surface area (Å²) in [6, 6.07) is 24.7. The van der Waals surface area contributed by atoms with Crippen LogP contribution < -0.4 is 24.8 Å². The molecule has 0 spiro atoms. The van der Waals surface area contributed by atoms with Crippen molar-refractivity contribution in [1.29, 1.82) is 0 Å². The van der Waals surface area contributed by atoms with Crippen LogP contribution in [0, 0.1) is 0 Å². The summed E-state index contributed by atoms with van der Waals surface area (Å²) in [6.45, 7) is 2.37. The van der Waals surface area contributed by atoms with E-state index in [9.17, 15) is 0 Å². The van der Waals surface area contributed by atoms with Crippen molar-refractivity contribution in [1.82, 2.24) is 0 Å². The Morgan fingerprint density at radius 3 is 2.05 bits per heavy atom. The predicted molar refractivity (Wildman–Crippen MR) is 84.0 cm³/mol. The Labute approximate surface area is 160 Å². The zero-order valence-electron chi connectivity index (χ0n) is 12.5. The van der Waals surface area contributed by atoms with Gasteiger partial charge in [-0.25, -0.2) is 12.1 Å². The van der Waals surface area contributed by atoms with Crippen molar-refractivity contribution in [2.24, 2.45) is 0 Å². The Hall–Kier alpha value is -0.527. The van der Waals surface area contributed by atoms with Crippen LogP contribution in [0.5, 0.6) is 0 Å². The molecule has 1 nitrogen and oxygen atoms in total. The maximum absolute atomic E-state index is 8.23. The Bertz CT molecular complexity index is 540. The number of aliphatic hydroxyl groups is 1. The van der Waals surface area contributed by atoms with Crippen LogP contribution in [0.4, 0.5) is 0 Å². The standard InChI is InChI=1S/C9H7.C5H5.C4H8O.2ClH.Zr/c1-2-5-9-7-3-6-8(9)4-1;1-2-4-5-3-1;1-2-3-4-5;;;/h1-7H;1-5H;5H,3-4H2,1H3;2*1H;/q2*-1;;;;+2/p-2. The summed E-state index contributed by atoms with van der Waals surface area (Å²) in [5.41, 5.74) is 0. The Kier molecular flexibility index (Phi) is 16.6. The summed E-state index contributed by atoms with van der Waals surface area (Å²) >= 11 is 1.44. The molecule has 3 aromatic carbocycles. The molecule has 22 heavy (non-hydrogen) atoms. The summed E-state index contributed by atoms with van der Waals surface area (Å²) in [4.78, 5) is 0. The van der Waals surface area contributed by atoms with E-state index < -0.39 is 0 Å². The zero-order valence-corrected chi connectivity index (χ0v) is 16.5. The van der Waals surface area contributed by atoms with Gasteiger partial charge in [-0.2, -0.15) is 35.7 Å². The van der Waals surface area contributed by atoms with Gasteiger partial charge in [-0.1, -0.05) is 6.07 Å². The Balaban J connectivity index is 0. The molecule has 0 radical (unpaired) electrons. The molecule has 0 aromatic heterocycles. The monoisotopic (exact) mass is 412 g/mol. The van der Waals surface area contributed by atoms with E-state index in [1.54, 1.807) is 0 Å². The van der Waals surface area contributed by atoms with Crippen LogP contribution in [-0.2, 0) is 24.2 Å². The fourth-order valence-electron chi connectivity index (χ4n) is 1.56. The molecule has 4 heteroatoms. The van der Waals surface area contributed by atoms with Crippen molar-refractivity contribution in [2.45, 2.75) is 13.3 Å². The van der Waals surface area contributed by atoms with Gasteiger partial charge in [0, 0.05) is 0 Å². The third-order valence-corrected chi connectivity index (χ3v) is 3.20. The number of hydrogen-bond acceptors (Lipinski definition) is 1. The second-order valence-electron chi connectivity index (χ2n) is 4.37. The maximum Gasteiger partial charge on any atom is -0.0809 e. The summed E-state index contributed by atoms with van der Waals surface area (Å²) in [6.07, 6.45) is 0.887. The van der Waals surface area contributed by atoms with Gasteiger partial charge in [0.1, 0.15) is 0 Å². The third-order valence-electron chi connectivity index (χ3n) is 2.59. The molecule has 0 heterocycles. The van der Waals surface area contributed by atoms with Gasteiger partial charge in [0.15, 0.2) is 0 Å². The number of benzene rings is 1. The molecule has 0 aliphatic rings. The van der Waals surface area contributed by atoms with Gasteiger partial charge >= 0.3 is 52.5 Å². The van der Waals surface area contributed by atoms with Crippen molar-refractivity contribution in [3.63, 3.8) is 0 Å². The Morgan fingerprint density at radius 2 is 1.64 bits per heavy atom. The summed E-state index contributed by atoms with van der Waals surface area (Å²) in [5.74, 6) is 0. The van der Waals surface area contributed by atoms with E-state index >= 15 is 0 Å². The largest absolute Gasteiger partial charge is 1.00 e. The van der Waals surface area contributed by atoms with Crippen LogP contribution in [0.3, 0.4) is 0 Å². The number of halogens is 2. The van der Waals surface area contributed by atoms with E-state index in [2.05, 4.69) is 49.4 Å². The van der Waals surface area contributed by atoms with Gasteiger partial charge in [0.05, 0.1) is 0 Å². The van der Waals surface area contributed by atoms with Gasteiger partial charge < -0.3 is 24.8 Å². The molecule has 3 rings (SSSR count). The first-order valence-electron chi connectivity index (χ1n) is 6.66. The van der Waals surface area contributed by atoms with E-state index in [4.69, 9.17) is 5.11 Å². The van der Waals surface area contributed by atoms with Gasteiger partial charge in [-0.3, -0.25) is 0 Å². The van der Waals surface area contributed by atoms with Crippen molar-refractivity contribution in [2.75, 3.05) is 6.61 Å². The fourth-order valence-corrected chi connectivity index (χ4v) is 1.83. The van der Waals surface area contributed by atoms with Crippen LogP contribution in [0.1, 0.15) is 13.3 Å². The molecule has 118 valence electrons. The van der Waals surface area contributed by atoms with E-state index in [1.807, 2.05) is 30.3 Å². The normalized spacial score (nSPS) is 8.36. The molecule has 1 N–H and O–H groups in total. The third kappa shape index (κ3) is 11.1. The minimum atomic E-state index is 0. The second kappa shape index (κ2) is 15.4. The number of hydrogen-bond donors (Lipinski definition) is 1. The average molecular weight is 414 g/mol. The topological polar surface area (TPSA) is 20.2 Å². The molecule has 0 fully saturated rings. The number of fused-ring (bicyclic) bond motifs is 1. The first-order valence-corrected chi connectivity index (χ1v) is 7.89. The molecular formula is C18H20Cl2OZr-2. The van der Waals surface area contributed by atoms with E-state index in [0.717, 1.165) is 6.42 Å².